The molecule has 4 N–H and O–H groups in total. The van der Waals surface area contributed by atoms with Crippen LogP contribution in [0.4, 0.5) is 0 Å². The maximum Gasteiger partial charge on any atom is 0.341 e. The van der Waals surface area contributed by atoms with E-state index in [1.807, 2.05) is 0 Å². The lowest BCUT2D eigenvalue weighted by atomic mass is 10.3. The van der Waals surface area contributed by atoms with Gasteiger partial charge in [0.05, 0.1) is 12.7 Å². The van der Waals surface area contributed by atoms with E-state index in [9.17, 15) is 4.79 Å². The van der Waals surface area contributed by atoms with E-state index in [2.05, 4.69) is 16.3 Å². The van der Waals surface area contributed by atoms with Crippen LogP contribution in [0.15, 0.2) is 29.5 Å². The predicted octanol–water partition coefficient (Wildman–Crippen LogP) is -0.497. The van der Waals surface area contributed by atoms with Crippen LogP contribution in [0.2, 0.25) is 0 Å². The van der Waals surface area contributed by atoms with Crippen molar-refractivity contribution in [2.45, 2.75) is 0 Å². The molecule has 66 valence electrons. The van der Waals surface area contributed by atoms with Crippen LogP contribution >= 0.6 is 0 Å². The van der Waals surface area contributed by atoms with Crippen molar-refractivity contribution in [1.29, 1.82) is 0 Å². The molecule has 0 aliphatic heterocycles. The zero-order chi connectivity index (χ0) is 9.56. The molecule has 5 heteroatoms. The number of ether oxygens (including phenoxy) is 1. The third-order valence-corrected chi connectivity index (χ3v) is 1.04. The third kappa shape index (κ3) is 2.87. The molecule has 0 amide bonds. The van der Waals surface area contributed by atoms with Gasteiger partial charge in [-0.05, 0) is 0 Å². The van der Waals surface area contributed by atoms with Crippen LogP contribution < -0.4 is 11.5 Å². The first-order valence-corrected chi connectivity index (χ1v) is 3.11. The number of hydrogen-bond acceptors (Lipinski definition) is 4. The first-order valence-electron chi connectivity index (χ1n) is 3.11. The van der Waals surface area contributed by atoms with Crippen molar-refractivity contribution in [3.05, 3.63) is 24.6 Å². The number of nitrogens with zero attached hydrogens (tertiary/aromatic N) is 1. The summed E-state index contributed by atoms with van der Waals surface area (Å²) in [5.41, 5.74) is 10.3. The van der Waals surface area contributed by atoms with Gasteiger partial charge in [0.15, 0.2) is 0 Å². The van der Waals surface area contributed by atoms with E-state index < -0.39 is 5.97 Å². The fraction of sp³-hybridized carbons (Fsp3) is 0.143. The van der Waals surface area contributed by atoms with Gasteiger partial charge >= 0.3 is 5.97 Å². The Hall–Kier alpha value is -1.78. The standard InChI is InChI=1S/C7H11N3O2/c1-5(7(11)12-2)6(9)10-4-3-8/h3-4H,1,8H2,2H3,(H2,9,10)/b4-3-. The Balaban J connectivity index is 4.39. The average Bonchev–Trinajstić information content (AvgIpc) is 2.11. The van der Waals surface area contributed by atoms with Crippen molar-refractivity contribution < 1.29 is 9.53 Å². The molecule has 0 aromatic rings. The number of carbonyl (C=O) groups excluding carboxylic acids is 1. The smallest absolute Gasteiger partial charge is 0.341 e. The largest absolute Gasteiger partial charge is 0.465 e. The van der Waals surface area contributed by atoms with Crippen molar-refractivity contribution in [2.75, 3.05) is 7.11 Å². The van der Waals surface area contributed by atoms with Gasteiger partial charge in [-0.3, -0.25) is 0 Å². The Kier molecular flexibility index (Phi) is 4.21. The second-order valence-corrected chi connectivity index (χ2v) is 1.83. The SMILES string of the molecule is C=C(C(=O)OC)C(N)=N/C=C\N. The molecule has 12 heavy (non-hydrogen) atoms. The molecule has 0 fully saturated rings. The third-order valence-electron chi connectivity index (χ3n) is 1.04. The molecule has 0 radical (unpaired) electrons. The minimum Gasteiger partial charge on any atom is -0.465 e. The maximum absolute atomic E-state index is 10.8. The highest BCUT2D eigenvalue weighted by atomic mass is 16.5. The second kappa shape index (κ2) is 4.95. The monoisotopic (exact) mass is 169 g/mol. The maximum atomic E-state index is 10.8. The minimum absolute atomic E-state index is 0.00981. The molecule has 0 atom stereocenters. The Morgan fingerprint density at radius 2 is 2.25 bits per heavy atom. The first-order chi connectivity index (χ1) is 5.63. The van der Waals surface area contributed by atoms with E-state index in [-0.39, 0.29) is 11.4 Å². The first kappa shape index (κ1) is 10.2. The van der Waals surface area contributed by atoms with Gasteiger partial charge in [-0.2, -0.15) is 0 Å². The van der Waals surface area contributed by atoms with E-state index in [1.54, 1.807) is 0 Å². The minimum atomic E-state index is -0.610. The molecular formula is C7H11N3O2. The van der Waals surface area contributed by atoms with Gasteiger partial charge in [0, 0.05) is 12.4 Å². The number of aliphatic imine (C=N–C) groups is 1. The molecule has 0 aromatic carbocycles. The molecule has 0 saturated carbocycles. The Labute approximate surface area is 70.4 Å². The number of carbonyl (C=O) groups is 1. The average molecular weight is 169 g/mol. The summed E-state index contributed by atoms with van der Waals surface area (Å²) in [6.45, 7) is 3.37. The summed E-state index contributed by atoms with van der Waals surface area (Å²) >= 11 is 0. The lowest BCUT2D eigenvalue weighted by Gasteiger charge is -2.00. The van der Waals surface area contributed by atoms with Gasteiger partial charge in [-0.15, -0.1) is 0 Å². The summed E-state index contributed by atoms with van der Waals surface area (Å²) < 4.78 is 4.36. The number of nitrogens with two attached hydrogens (primary N) is 2. The highest BCUT2D eigenvalue weighted by Gasteiger charge is 2.09. The summed E-state index contributed by atoms with van der Waals surface area (Å²) in [4.78, 5) is 14.4. The van der Waals surface area contributed by atoms with Crippen molar-refractivity contribution in [3.63, 3.8) is 0 Å². The lowest BCUT2D eigenvalue weighted by Crippen LogP contribution is -2.20. The Morgan fingerprint density at radius 1 is 1.67 bits per heavy atom. The van der Waals surface area contributed by atoms with Crippen LogP contribution in [0, 0.1) is 0 Å². The van der Waals surface area contributed by atoms with Gasteiger partial charge in [-0.1, -0.05) is 6.58 Å². The number of rotatable bonds is 3. The van der Waals surface area contributed by atoms with Crippen LogP contribution in [0.3, 0.4) is 0 Å². The molecule has 0 saturated heterocycles. The van der Waals surface area contributed by atoms with Crippen molar-refractivity contribution in [2.24, 2.45) is 16.5 Å². The Morgan fingerprint density at radius 3 is 2.67 bits per heavy atom. The fourth-order valence-electron chi connectivity index (χ4n) is 0.429. The van der Waals surface area contributed by atoms with Crippen LogP contribution in [0.1, 0.15) is 0 Å². The van der Waals surface area contributed by atoms with Crippen molar-refractivity contribution in [1.82, 2.24) is 0 Å². The second-order valence-electron chi connectivity index (χ2n) is 1.83. The zero-order valence-electron chi connectivity index (χ0n) is 6.78. The van der Waals surface area contributed by atoms with E-state index >= 15 is 0 Å². The molecular weight excluding hydrogens is 158 g/mol. The number of methoxy groups -OCH3 is 1. The van der Waals surface area contributed by atoms with Crippen LogP contribution in [-0.2, 0) is 9.53 Å². The summed E-state index contributed by atoms with van der Waals surface area (Å²) in [6.07, 6.45) is 2.45. The van der Waals surface area contributed by atoms with Gasteiger partial charge in [0.1, 0.15) is 5.84 Å². The quantitative estimate of drug-likeness (QED) is 0.258. The van der Waals surface area contributed by atoms with E-state index in [0.29, 0.717) is 0 Å². The van der Waals surface area contributed by atoms with Crippen molar-refractivity contribution >= 4 is 11.8 Å². The van der Waals surface area contributed by atoms with Crippen LogP contribution in [-0.4, -0.2) is 18.9 Å². The van der Waals surface area contributed by atoms with Gasteiger partial charge in [0.2, 0.25) is 0 Å². The number of amidine groups is 1. The normalized spacial score (nSPS) is 11.6. The molecule has 5 nitrogen and oxygen atoms in total. The predicted molar refractivity (Wildman–Crippen MR) is 46.1 cm³/mol. The molecule has 0 heterocycles. The van der Waals surface area contributed by atoms with Crippen LogP contribution in [0.25, 0.3) is 0 Å². The number of esters is 1. The summed E-state index contributed by atoms with van der Waals surface area (Å²) in [7, 11) is 1.24. The van der Waals surface area contributed by atoms with E-state index in [4.69, 9.17) is 11.5 Å². The summed E-state index contributed by atoms with van der Waals surface area (Å²) in [6, 6.07) is 0. The van der Waals surface area contributed by atoms with Crippen molar-refractivity contribution in [3.8, 4) is 0 Å². The highest BCUT2D eigenvalue weighted by Crippen LogP contribution is 1.93. The molecule has 0 rings (SSSR count). The van der Waals surface area contributed by atoms with Crippen LogP contribution in [0.5, 0.6) is 0 Å². The van der Waals surface area contributed by atoms with Gasteiger partial charge < -0.3 is 16.2 Å². The highest BCUT2D eigenvalue weighted by molar-refractivity contribution is 6.17. The van der Waals surface area contributed by atoms with Gasteiger partial charge in [0.25, 0.3) is 0 Å². The molecule has 0 aliphatic rings. The summed E-state index contributed by atoms with van der Waals surface area (Å²) in [5.74, 6) is -0.620. The van der Waals surface area contributed by atoms with E-state index in [1.165, 1.54) is 19.5 Å². The molecule has 0 aliphatic carbocycles. The Bertz CT molecular complexity index is 243. The topological polar surface area (TPSA) is 90.7 Å². The number of hydrogen-bond donors (Lipinski definition) is 2. The fourth-order valence-corrected chi connectivity index (χ4v) is 0.429. The summed E-state index contributed by atoms with van der Waals surface area (Å²) in [5, 5.41) is 0. The molecule has 0 spiro atoms. The lowest BCUT2D eigenvalue weighted by molar-refractivity contribution is -0.135. The molecule has 0 unspecified atom stereocenters. The van der Waals surface area contributed by atoms with Gasteiger partial charge in [-0.25, -0.2) is 9.79 Å². The molecule has 0 bridgehead atoms. The zero-order valence-corrected chi connectivity index (χ0v) is 6.78. The molecule has 0 aromatic heterocycles. The van der Waals surface area contributed by atoms with E-state index in [0.717, 1.165) is 0 Å².